The van der Waals surface area contributed by atoms with E-state index in [1.54, 1.807) is 12.1 Å². The lowest BCUT2D eigenvalue weighted by atomic mass is 10.3. The highest BCUT2D eigenvalue weighted by Gasteiger charge is 2.19. The number of benzene rings is 1. The Balaban J connectivity index is 1.70. The molecule has 0 aliphatic heterocycles. The number of nitro benzene ring substituents is 1. The molecule has 0 unspecified atom stereocenters. The van der Waals surface area contributed by atoms with Crippen LogP contribution in [0.3, 0.4) is 0 Å². The lowest BCUT2D eigenvalue weighted by molar-refractivity contribution is -0.384. The lowest BCUT2D eigenvalue weighted by Gasteiger charge is -2.06. The predicted molar refractivity (Wildman–Crippen MR) is 64.2 cm³/mol. The number of rotatable bonds is 7. The maximum atomic E-state index is 10.6. The van der Waals surface area contributed by atoms with Gasteiger partial charge in [0.15, 0.2) is 0 Å². The zero-order chi connectivity index (χ0) is 12.1. The maximum Gasteiger partial charge on any atom is 0.273 e. The number of non-ortho nitro benzene ring substituents is 1. The summed E-state index contributed by atoms with van der Waals surface area (Å²) in [7, 11) is 0. The van der Waals surface area contributed by atoms with E-state index in [9.17, 15) is 10.1 Å². The molecule has 1 N–H and O–H groups in total. The minimum atomic E-state index is -0.415. The third-order valence-corrected chi connectivity index (χ3v) is 2.63. The first kappa shape index (κ1) is 11.9. The van der Waals surface area contributed by atoms with Crippen LogP contribution < -0.4 is 10.1 Å². The highest BCUT2D eigenvalue weighted by atomic mass is 16.6. The fraction of sp³-hybridized carbons (Fsp3) is 0.500. The van der Waals surface area contributed by atoms with Crippen molar-refractivity contribution in [3.63, 3.8) is 0 Å². The normalized spacial score (nSPS) is 14.6. The van der Waals surface area contributed by atoms with Crippen LogP contribution in [0.4, 0.5) is 5.69 Å². The molecule has 17 heavy (non-hydrogen) atoms. The first-order valence-corrected chi connectivity index (χ1v) is 5.86. The van der Waals surface area contributed by atoms with Crippen molar-refractivity contribution in [1.29, 1.82) is 0 Å². The zero-order valence-corrected chi connectivity index (χ0v) is 9.59. The first-order valence-electron chi connectivity index (χ1n) is 5.86. The molecule has 0 amide bonds. The second-order valence-corrected chi connectivity index (χ2v) is 4.18. The van der Waals surface area contributed by atoms with Crippen LogP contribution in [0.1, 0.15) is 19.3 Å². The van der Waals surface area contributed by atoms with Gasteiger partial charge in [-0.05, 0) is 31.9 Å². The van der Waals surface area contributed by atoms with E-state index in [-0.39, 0.29) is 5.69 Å². The Morgan fingerprint density at radius 1 is 1.47 bits per heavy atom. The van der Waals surface area contributed by atoms with Crippen molar-refractivity contribution >= 4 is 5.69 Å². The summed E-state index contributed by atoms with van der Waals surface area (Å²) in [5.41, 5.74) is 0.0682. The van der Waals surface area contributed by atoms with Gasteiger partial charge in [0.1, 0.15) is 5.75 Å². The number of ether oxygens (including phenoxy) is 1. The Bertz CT molecular complexity index is 391. The molecule has 0 aromatic heterocycles. The molecule has 1 aromatic carbocycles. The van der Waals surface area contributed by atoms with Crippen LogP contribution in [-0.2, 0) is 0 Å². The van der Waals surface area contributed by atoms with Gasteiger partial charge in [0.25, 0.3) is 5.69 Å². The molecule has 0 saturated heterocycles. The largest absolute Gasteiger partial charge is 0.493 e. The monoisotopic (exact) mass is 236 g/mol. The summed E-state index contributed by atoms with van der Waals surface area (Å²) in [4.78, 5) is 10.1. The molecular weight excluding hydrogens is 220 g/mol. The molecule has 0 atom stereocenters. The number of nitro groups is 1. The van der Waals surface area contributed by atoms with Gasteiger partial charge in [-0.1, -0.05) is 6.07 Å². The third-order valence-electron chi connectivity index (χ3n) is 2.63. The molecule has 0 spiro atoms. The van der Waals surface area contributed by atoms with Gasteiger partial charge >= 0.3 is 0 Å². The topological polar surface area (TPSA) is 64.4 Å². The Labute approximate surface area is 99.9 Å². The van der Waals surface area contributed by atoms with E-state index in [4.69, 9.17) is 4.74 Å². The SMILES string of the molecule is O=[N+]([O-])c1cccc(OCCCNC2CC2)c1. The summed E-state index contributed by atoms with van der Waals surface area (Å²) in [6, 6.07) is 7.00. The van der Waals surface area contributed by atoms with Gasteiger partial charge in [-0.25, -0.2) is 0 Å². The number of nitrogens with zero attached hydrogens (tertiary/aromatic N) is 1. The van der Waals surface area contributed by atoms with Crippen LogP contribution in [0.2, 0.25) is 0 Å². The predicted octanol–water partition coefficient (Wildman–Crippen LogP) is 2.12. The van der Waals surface area contributed by atoms with Crippen LogP contribution >= 0.6 is 0 Å². The summed E-state index contributed by atoms with van der Waals surface area (Å²) in [5.74, 6) is 0.561. The second kappa shape index (κ2) is 5.63. The smallest absolute Gasteiger partial charge is 0.273 e. The molecule has 5 nitrogen and oxygen atoms in total. The summed E-state index contributed by atoms with van der Waals surface area (Å²) in [5, 5.41) is 13.9. The molecule has 1 fully saturated rings. The van der Waals surface area contributed by atoms with E-state index < -0.39 is 4.92 Å². The zero-order valence-electron chi connectivity index (χ0n) is 9.59. The van der Waals surface area contributed by atoms with E-state index in [1.807, 2.05) is 0 Å². The molecule has 1 saturated carbocycles. The van der Waals surface area contributed by atoms with E-state index >= 15 is 0 Å². The van der Waals surface area contributed by atoms with Gasteiger partial charge in [0.2, 0.25) is 0 Å². The minimum absolute atomic E-state index is 0.0682. The number of hydrogen-bond acceptors (Lipinski definition) is 4. The fourth-order valence-electron chi connectivity index (χ4n) is 1.54. The van der Waals surface area contributed by atoms with Gasteiger partial charge < -0.3 is 10.1 Å². The highest BCUT2D eigenvalue weighted by Crippen LogP contribution is 2.19. The molecule has 2 rings (SSSR count). The first-order chi connectivity index (χ1) is 8.25. The van der Waals surface area contributed by atoms with Crippen molar-refractivity contribution in [2.75, 3.05) is 13.2 Å². The molecule has 1 aliphatic rings. The van der Waals surface area contributed by atoms with Crippen molar-refractivity contribution in [3.8, 4) is 5.75 Å². The van der Waals surface area contributed by atoms with Crippen molar-refractivity contribution in [2.24, 2.45) is 0 Å². The fourth-order valence-corrected chi connectivity index (χ4v) is 1.54. The average molecular weight is 236 g/mol. The van der Waals surface area contributed by atoms with Gasteiger partial charge in [-0.2, -0.15) is 0 Å². The van der Waals surface area contributed by atoms with Gasteiger partial charge in [-0.3, -0.25) is 10.1 Å². The van der Waals surface area contributed by atoms with E-state index in [2.05, 4.69) is 5.32 Å². The summed E-state index contributed by atoms with van der Waals surface area (Å²) >= 11 is 0. The molecule has 0 radical (unpaired) electrons. The number of hydrogen-bond donors (Lipinski definition) is 1. The molecule has 0 bridgehead atoms. The molecule has 1 aliphatic carbocycles. The molecular formula is C12H16N2O3. The highest BCUT2D eigenvalue weighted by molar-refractivity contribution is 5.37. The second-order valence-electron chi connectivity index (χ2n) is 4.18. The average Bonchev–Trinajstić information content (AvgIpc) is 3.13. The number of nitrogens with one attached hydrogen (secondary N) is 1. The Morgan fingerprint density at radius 3 is 3.00 bits per heavy atom. The minimum Gasteiger partial charge on any atom is -0.493 e. The van der Waals surface area contributed by atoms with E-state index in [0.29, 0.717) is 18.4 Å². The van der Waals surface area contributed by atoms with Gasteiger partial charge in [0.05, 0.1) is 17.6 Å². The van der Waals surface area contributed by atoms with Crippen LogP contribution in [0.5, 0.6) is 5.75 Å². The summed E-state index contributed by atoms with van der Waals surface area (Å²) in [6.45, 7) is 1.53. The third kappa shape index (κ3) is 4.03. The van der Waals surface area contributed by atoms with Gasteiger partial charge in [0, 0.05) is 12.1 Å². The van der Waals surface area contributed by atoms with Crippen LogP contribution in [-0.4, -0.2) is 24.1 Å². The van der Waals surface area contributed by atoms with Crippen LogP contribution in [0, 0.1) is 10.1 Å². The quantitative estimate of drug-likeness (QED) is 0.447. The maximum absolute atomic E-state index is 10.6. The van der Waals surface area contributed by atoms with E-state index in [1.165, 1.54) is 25.0 Å². The van der Waals surface area contributed by atoms with Crippen molar-refractivity contribution in [1.82, 2.24) is 5.32 Å². The molecule has 1 aromatic rings. The Kier molecular flexibility index (Phi) is 3.93. The van der Waals surface area contributed by atoms with Crippen LogP contribution in [0.25, 0.3) is 0 Å². The Hall–Kier alpha value is -1.62. The van der Waals surface area contributed by atoms with Crippen LogP contribution in [0.15, 0.2) is 24.3 Å². The Morgan fingerprint density at radius 2 is 2.29 bits per heavy atom. The van der Waals surface area contributed by atoms with Gasteiger partial charge in [-0.15, -0.1) is 0 Å². The van der Waals surface area contributed by atoms with Crippen molar-refractivity contribution in [2.45, 2.75) is 25.3 Å². The summed E-state index contributed by atoms with van der Waals surface area (Å²) in [6.07, 6.45) is 3.48. The summed E-state index contributed by atoms with van der Waals surface area (Å²) < 4.78 is 5.45. The molecule has 92 valence electrons. The molecule has 5 heteroatoms. The molecule has 0 heterocycles. The lowest BCUT2D eigenvalue weighted by Crippen LogP contribution is -2.19. The van der Waals surface area contributed by atoms with Crippen molar-refractivity contribution in [3.05, 3.63) is 34.4 Å². The van der Waals surface area contributed by atoms with Crippen molar-refractivity contribution < 1.29 is 9.66 Å². The van der Waals surface area contributed by atoms with E-state index in [0.717, 1.165) is 13.0 Å². The standard InChI is InChI=1S/C12H16N2O3/c15-14(16)11-3-1-4-12(9-11)17-8-2-7-13-10-5-6-10/h1,3-4,9-10,13H,2,5-8H2.